The van der Waals surface area contributed by atoms with Gasteiger partial charge in [0.15, 0.2) is 0 Å². The average Bonchev–Trinajstić information content (AvgIpc) is 2.52. The number of hydrogen-bond donors (Lipinski definition) is 3. The molecule has 1 aromatic rings. The van der Waals surface area contributed by atoms with Crippen molar-refractivity contribution in [3.05, 3.63) is 29.8 Å². The van der Waals surface area contributed by atoms with Gasteiger partial charge in [0, 0.05) is 12.7 Å². The Morgan fingerprint density at radius 1 is 1.20 bits per heavy atom. The lowest BCUT2D eigenvalue weighted by Gasteiger charge is -2.28. The number of methoxy groups -OCH3 is 1. The molecule has 0 aliphatic rings. The molecule has 3 N–H and O–H groups in total. The number of ether oxygens (including phenoxy) is 2. The van der Waals surface area contributed by atoms with E-state index in [4.69, 9.17) is 14.6 Å². The third-order valence-corrected chi connectivity index (χ3v) is 3.28. The Bertz CT molecular complexity index is 602. The number of benzene rings is 1. The lowest BCUT2D eigenvalue weighted by molar-refractivity contribution is -0.139. The van der Waals surface area contributed by atoms with E-state index in [2.05, 4.69) is 10.6 Å². The lowest BCUT2D eigenvalue weighted by atomic mass is 9.99. The maximum absolute atomic E-state index is 12.0. The van der Waals surface area contributed by atoms with Gasteiger partial charge in [0.05, 0.1) is 31.7 Å². The van der Waals surface area contributed by atoms with Gasteiger partial charge in [-0.25, -0.2) is 0 Å². The Kier molecular flexibility index (Phi) is 7.87. The van der Waals surface area contributed by atoms with E-state index in [1.807, 2.05) is 6.92 Å². The first kappa shape index (κ1) is 20.4. The smallest absolute Gasteiger partial charge is 0.305 e. The Labute approximate surface area is 146 Å². The highest BCUT2D eigenvalue weighted by atomic mass is 16.5. The highest BCUT2D eigenvalue weighted by Gasteiger charge is 2.29. The maximum atomic E-state index is 12.0. The number of hydrogen-bond acceptors (Lipinski definition) is 5. The molecular formula is C17H24N2O6. The molecule has 1 aromatic carbocycles. The molecule has 0 saturated heterocycles. The summed E-state index contributed by atoms with van der Waals surface area (Å²) in [5.74, 6) is -1.32. The number of rotatable bonds is 10. The summed E-state index contributed by atoms with van der Waals surface area (Å²) in [6.07, 6.45) is -0.292. The SMILES string of the molecule is CCOc1ccc(C(=O)NCC(=O)NC(C)(COC)CC(=O)O)cc1. The molecule has 0 radical (unpaired) electrons. The third-order valence-electron chi connectivity index (χ3n) is 3.28. The summed E-state index contributed by atoms with van der Waals surface area (Å²) in [5.41, 5.74) is -0.664. The van der Waals surface area contributed by atoms with Gasteiger partial charge in [-0.05, 0) is 38.1 Å². The van der Waals surface area contributed by atoms with E-state index in [9.17, 15) is 14.4 Å². The van der Waals surface area contributed by atoms with Gasteiger partial charge in [-0.2, -0.15) is 0 Å². The van der Waals surface area contributed by atoms with Crippen LogP contribution in [0, 0.1) is 0 Å². The molecule has 8 heteroatoms. The van der Waals surface area contributed by atoms with Gasteiger partial charge in [-0.3, -0.25) is 14.4 Å². The van der Waals surface area contributed by atoms with E-state index in [0.29, 0.717) is 17.9 Å². The Hall–Kier alpha value is -2.61. The minimum absolute atomic E-state index is 0.0396. The zero-order valence-corrected chi connectivity index (χ0v) is 14.6. The highest BCUT2D eigenvalue weighted by molar-refractivity contribution is 5.96. The van der Waals surface area contributed by atoms with Crippen LogP contribution in [0.15, 0.2) is 24.3 Å². The predicted octanol–water partition coefficient (Wildman–Crippen LogP) is 0.811. The first-order valence-electron chi connectivity index (χ1n) is 7.82. The number of amides is 2. The number of aliphatic carboxylic acids is 1. The zero-order valence-electron chi connectivity index (χ0n) is 14.6. The summed E-state index contributed by atoms with van der Waals surface area (Å²) < 4.78 is 10.3. The molecule has 1 unspecified atom stereocenters. The molecule has 0 aliphatic heterocycles. The molecule has 2 amide bonds. The highest BCUT2D eigenvalue weighted by Crippen LogP contribution is 2.12. The summed E-state index contributed by atoms with van der Waals surface area (Å²) in [7, 11) is 1.42. The van der Waals surface area contributed by atoms with Gasteiger partial charge in [0.1, 0.15) is 5.75 Å². The molecule has 0 saturated carbocycles. The van der Waals surface area contributed by atoms with Crippen LogP contribution in [0.5, 0.6) is 5.75 Å². The maximum Gasteiger partial charge on any atom is 0.305 e. The minimum atomic E-state index is -1.06. The van der Waals surface area contributed by atoms with E-state index in [0.717, 1.165) is 0 Å². The van der Waals surface area contributed by atoms with Crippen molar-refractivity contribution in [1.29, 1.82) is 0 Å². The van der Waals surface area contributed by atoms with Crippen molar-refractivity contribution in [3.63, 3.8) is 0 Å². The van der Waals surface area contributed by atoms with Crippen LogP contribution in [-0.4, -0.2) is 55.3 Å². The van der Waals surface area contributed by atoms with Gasteiger partial charge in [-0.1, -0.05) is 0 Å². The summed E-state index contributed by atoms with van der Waals surface area (Å²) >= 11 is 0. The molecule has 25 heavy (non-hydrogen) atoms. The topological polar surface area (TPSA) is 114 Å². The fourth-order valence-electron chi connectivity index (χ4n) is 2.30. The lowest BCUT2D eigenvalue weighted by Crippen LogP contribution is -2.53. The van der Waals surface area contributed by atoms with E-state index >= 15 is 0 Å². The largest absolute Gasteiger partial charge is 0.494 e. The van der Waals surface area contributed by atoms with Crippen molar-refractivity contribution >= 4 is 17.8 Å². The van der Waals surface area contributed by atoms with Gasteiger partial charge < -0.3 is 25.2 Å². The first-order valence-corrected chi connectivity index (χ1v) is 7.82. The summed E-state index contributed by atoms with van der Waals surface area (Å²) in [6, 6.07) is 6.53. The first-order chi connectivity index (χ1) is 11.8. The predicted molar refractivity (Wildman–Crippen MR) is 90.6 cm³/mol. The molecule has 1 rings (SSSR count). The quantitative estimate of drug-likeness (QED) is 0.574. The van der Waals surface area contributed by atoms with Crippen LogP contribution in [0.25, 0.3) is 0 Å². The number of carboxylic acids is 1. The minimum Gasteiger partial charge on any atom is -0.494 e. The van der Waals surface area contributed by atoms with E-state index in [1.165, 1.54) is 7.11 Å². The van der Waals surface area contributed by atoms with Crippen molar-refractivity contribution < 1.29 is 29.0 Å². The summed E-state index contributed by atoms with van der Waals surface area (Å²) in [5, 5.41) is 14.0. The van der Waals surface area contributed by atoms with Gasteiger partial charge >= 0.3 is 5.97 Å². The Balaban J connectivity index is 2.56. The fraction of sp³-hybridized carbons (Fsp3) is 0.471. The normalized spacial score (nSPS) is 12.8. The van der Waals surface area contributed by atoms with Crippen LogP contribution in [0.3, 0.4) is 0 Å². The fourth-order valence-corrected chi connectivity index (χ4v) is 2.30. The molecule has 0 aromatic heterocycles. The van der Waals surface area contributed by atoms with Crippen molar-refractivity contribution in [2.75, 3.05) is 26.9 Å². The van der Waals surface area contributed by atoms with Crippen molar-refractivity contribution in [2.24, 2.45) is 0 Å². The average molecular weight is 352 g/mol. The van der Waals surface area contributed by atoms with Crippen LogP contribution in [0.2, 0.25) is 0 Å². The van der Waals surface area contributed by atoms with Crippen LogP contribution in [0.1, 0.15) is 30.6 Å². The summed E-state index contributed by atoms with van der Waals surface area (Å²) in [4.78, 5) is 34.9. The second-order valence-corrected chi connectivity index (χ2v) is 5.75. The van der Waals surface area contributed by atoms with Crippen molar-refractivity contribution in [1.82, 2.24) is 10.6 Å². The standard InChI is InChI=1S/C17H24N2O6/c1-4-25-13-7-5-12(6-8-13)16(23)18-10-14(20)19-17(2,11-24-3)9-15(21)22/h5-8H,4,9-11H2,1-3H3,(H,18,23)(H,19,20)(H,21,22). The molecule has 138 valence electrons. The monoisotopic (exact) mass is 352 g/mol. The Morgan fingerprint density at radius 3 is 2.36 bits per heavy atom. The van der Waals surface area contributed by atoms with Crippen molar-refractivity contribution in [2.45, 2.75) is 25.8 Å². The van der Waals surface area contributed by atoms with Crippen LogP contribution < -0.4 is 15.4 Å². The van der Waals surface area contributed by atoms with E-state index in [1.54, 1.807) is 31.2 Å². The molecule has 0 aliphatic carbocycles. The van der Waals surface area contributed by atoms with E-state index in [-0.39, 0.29) is 19.6 Å². The molecule has 1 atom stereocenters. The van der Waals surface area contributed by atoms with Gasteiger partial charge in [0.2, 0.25) is 5.91 Å². The number of carbonyl (C=O) groups is 3. The molecule has 0 heterocycles. The molecular weight excluding hydrogens is 328 g/mol. The van der Waals surface area contributed by atoms with Crippen molar-refractivity contribution in [3.8, 4) is 5.75 Å². The summed E-state index contributed by atoms with van der Waals surface area (Å²) in [6.45, 7) is 3.73. The van der Waals surface area contributed by atoms with Gasteiger partial charge in [-0.15, -0.1) is 0 Å². The Morgan fingerprint density at radius 2 is 1.84 bits per heavy atom. The second-order valence-electron chi connectivity index (χ2n) is 5.75. The second kappa shape index (κ2) is 9.63. The van der Waals surface area contributed by atoms with Crippen LogP contribution in [-0.2, 0) is 14.3 Å². The molecule has 0 spiro atoms. The number of carboxylic acid groups (broad SMARTS) is 1. The third kappa shape index (κ3) is 7.21. The zero-order chi connectivity index (χ0) is 18.9. The molecule has 8 nitrogen and oxygen atoms in total. The van der Waals surface area contributed by atoms with Crippen LogP contribution in [0.4, 0.5) is 0 Å². The number of carbonyl (C=O) groups excluding carboxylic acids is 2. The van der Waals surface area contributed by atoms with Crippen LogP contribution >= 0.6 is 0 Å². The molecule has 0 fully saturated rings. The van der Waals surface area contributed by atoms with Gasteiger partial charge in [0.25, 0.3) is 5.91 Å². The molecule has 0 bridgehead atoms. The van der Waals surface area contributed by atoms with E-state index < -0.39 is 23.3 Å². The number of nitrogens with one attached hydrogen (secondary N) is 2.